The van der Waals surface area contributed by atoms with Gasteiger partial charge in [-0.2, -0.15) is 5.10 Å². The Kier molecular flexibility index (Phi) is 4.85. The molecule has 128 valence electrons. The molecule has 2 aromatic rings. The number of carbonyl (C=O) groups is 1. The quantitative estimate of drug-likeness (QED) is 0.911. The molecule has 1 N–H and O–H groups in total. The van der Waals surface area contributed by atoms with Crippen molar-refractivity contribution in [2.75, 3.05) is 19.7 Å². The molecule has 6 nitrogen and oxygen atoms in total. The number of carbonyl (C=O) groups excluding carboxylic acids is 1. The van der Waals surface area contributed by atoms with Gasteiger partial charge in [0.1, 0.15) is 18.5 Å². The lowest BCUT2D eigenvalue weighted by molar-refractivity contribution is -0.165. The van der Waals surface area contributed by atoms with E-state index in [-0.39, 0.29) is 12.0 Å². The molecule has 0 aliphatic carbocycles. The van der Waals surface area contributed by atoms with E-state index in [9.17, 15) is 4.79 Å². The molecule has 1 aliphatic heterocycles. The Morgan fingerprint density at radius 3 is 2.88 bits per heavy atom. The highest BCUT2D eigenvalue weighted by Crippen LogP contribution is 2.22. The highest BCUT2D eigenvalue weighted by Gasteiger charge is 2.35. The van der Waals surface area contributed by atoms with E-state index in [1.54, 1.807) is 6.20 Å². The Morgan fingerprint density at radius 1 is 1.38 bits per heavy atom. The second kappa shape index (κ2) is 7.05. The Bertz CT molecular complexity index is 655. The maximum absolute atomic E-state index is 12.6. The van der Waals surface area contributed by atoms with E-state index in [2.05, 4.69) is 10.2 Å². The summed E-state index contributed by atoms with van der Waals surface area (Å²) in [6.07, 6.45) is 1.82. The molecule has 1 aromatic carbocycles. The summed E-state index contributed by atoms with van der Waals surface area (Å²) in [5.41, 5.74) is 0.425. The molecule has 0 radical (unpaired) electrons. The molecule has 1 aromatic heterocycles. The van der Waals surface area contributed by atoms with Crippen LogP contribution in [0.5, 0.6) is 5.75 Å². The van der Waals surface area contributed by atoms with Gasteiger partial charge in [-0.15, -0.1) is 0 Å². The lowest BCUT2D eigenvalue weighted by Crippen LogP contribution is -2.56. The summed E-state index contributed by atoms with van der Waals surface area (Å²) in [6, 6.07) is 11.5. The van der Waals surface area contributed by atoms with Crippen LogP contribution in [0, 0.1) is 0 Å². The fourth-order valence-electron chi connectivity index (χ4n) is 2.94. The number of hydrogen-bond donors (Lipinski definition) is 1. The Balaban J connectivity index is 1.60. The van der Waals surface area contributed by atoms with Gasteiger partial charge >= 0.3 is 0 Å². The van der Waals surface area contributed by atoms with Gasteiger partial charge in [0, 0.05) is 18.4 Å². The van der Waals surface area contributed by atoms with Crippen LogP contribution in [-0.2, 0) is 16.0 Å². The molecule has 2 heterocycles. The minimum atomic E-state index is -0.396. The predicted molar refractivity (Wildman–Crippen MR) is 89.8 cm³/mol. The number of H-pyrrole nitrogens is 1. The van der Waals surface area contributed by atoms with Crippen LogP contribution in [0.3, 0.4) is 0 Å². The maximum Gasteiger partial charge on any atom is 0.228 e. The molecule has 3 rings (SSSR count). The summed E-state index contributed by atoms with van der Waals surface area (Å²) in [7, 11) is 0. The first-order valence-corrected chi connectivity index (χ1v) is 8.13. The van der Waals surface area contributed by atoms with Gasteiger partial charge in [0.25, 0.3) is 0 Å². The van der Waals surface area contributed by atoms with Crippen molar-refractivity contribution in [3.05, 3.63) is 48.3 Å². The van der Waals surface area contributed by atoms with Crippen LogP contribution >= 0.6 is 0 Å². The van der Waals surface area contributed by atoms with Crippen LogP contribution < -0.4 is 4.74 Å². The summed E-state index contributed by atoms with van der Waals surface area (Å²) in [4.78, 5) is 14.4. The molecule has 0 unspecified atom stereocenters. The van der Waals surface area contributed by atoms with Gasteiger partial charge in [-0.25, -0.2) is 0 Å². The minimum Gasteiger partial charge on any atom is -0.491 e. The molecule has 1 saturated heterocycles. The lowest BCUT2D eigenvalue weighted by atomic mass is 10.0. The third kappa shape index (κ3) is 4.35. The number of para-hydroxylation sites is 1. The molecule has 0 saturated carbocycles. The third-order valence-corrected chi connectivity index (χ3v) is 3.91. The standard InChI is InChI=1S/C18H23N3O3/c1-18(2)13-21(17(22)10-14-8-9-19-20-14)11-16(24-18)12-23-15-6-4-3-5-7-15/h3-9,16H,10-13H2,1-2H3,(H,19,20)/t16-/m1/s1. The zero-order valence-corrected chi connectivity index (χ0v) is 14.1. The largest absolute Gasteiger partial charge is 0.491 e. The summed E-state index contributed by atoms with van der Waals surface area (Å²) >= 11 is 0. The van der Waals surface area contributed by atoms with Gasteiger partial charge in [0.15, 0.2) is 0 Å². The molecule has 0 bridgehead atoms. The molecule has 24 heavy (non-hydrogen) atoms. The van der Waals surface area contributed by atoms with E-state index >= 15 is 0 Å². The van der Waals surface area contributed by atoms with Crippen molar-refractivity contribution >= 4 is 5.91 Å². The van der Waals surface area contributed by atoms with Crippen LogP contribution in [0.1, 0.15) is 19.5 Å². The number of nitrogens with zero attached hydrogens (tertiary/aromatic N) is 2. The molecule has 1 aliphatic rings. The number of morpholine rings is 1. The summed E-state index contributed by atoms with van der Waals surface area (Å²) in [6.45, 7) is 5.52. The number of aromatic amines is 1. The number of nitrogens with one attached hydrogen (secondary N) is 1. The van der Waals surface area contributed by atoms with Crippen LogP contribution in [0.25, 0.3) is 0 Å². The fraction of sp³-hybridized carbons (Fsp3) is 0.444. The predicted octanol–water partition coefficient (Wildman–Crippen LogP) is 2.04. The average molecular weight is 329 g/mol. The SMILES string of the molecule is CC1(C)CN(C(=O)Cc2ccn[nH]2)C[C@H](COc2ccccc2)O1. The van der Waals surface area contributed by atoms with Crippen molar-refractivity contribution in [3.63, 3.8) is 0 Å². The van der Waals surface area contributed by atoms with Gasteiger partial charge in [0.05, 0.1) is 18.6 Å². The highest BCUT2D eigenvalue weighted by molar-refractivity contribution is 5.78. The first kappa shape index (κ1) is 16.5. The molecule has 1 amide bonds. The van der Waals surface area contributed by atoms with Gasteiger partial charge in [-0.3, -0.25) is 9.89 Å². The van der Waals surface area contributed by atoms with Crippen molar-refractivity contribution in [2.45, 2.75) is 32.0 Å². The first-order valence-electron chi connectivity index (χ1n) is 8.13. The molecule has 6 heteroatoms. The Hall–Kier alpha value is -2.34. The lowest BCUT2D eigenvalue weighted by Gasteiger charge is -2.42. The number of aromatic nitrogens is 2. The molecule has 1 fully saturated rings. The van der Waals surface area contributed by atoms with Crippen LogP contribution in [0.2, 0.25) is 0 Å². The number of rotatable bonds is 5. The second-order valence-electron chi connectivity index (χ2n) is 6.66. The van der Waals surface area contributed by atoms with E-state index in [0.29, 0.717) is 26.1 Å². The monoisotopic (exact) mass is 329 g/mol. The van der Waals surface area contributed by atoms with Crippen LogP contribution in [0.15, 0.2) is 42.6 Å². The van der Waals surface area contributed by atoms with E-state index in [1.807, 2.05) is 55.1 Å². The Labute approximate surface area is 141 Å². The van der Waals surface area contributed by atoms with Gasteiger partial charge in [-0.05, 0) is 32.0 Å². The summed E-state index contributed by atoms with van der Waals surface area (Å²) in [5.74, 6) is 0.875. The minimum absolute atomic E-state index is 0.0698. The van der Waals surface area contributed by atoms with Gasteiger partial charge < -0.3 is 14.4 Å². The van der Waals surface area contributed by atoms with Crippen molar-refractivity contribution in [1.29, 1.82) is 0 Å². The number of ether oxygens (including phenoxy) is 2. The van der Waals surface area contributed by atoms with E-state index in [4.69, 9.17) is 9.47 Å². The zero-order chi connectivity index (χ0) is 17.0. The molecule has 1 atom stereocenters. The van der Waals surface area contributed by atoms with E-state index in [1.165, 1.54) is 0 Å². The van der Waals surface area contributed by atoms with E-state index in [0.717, 1.165) is 11.4 Å². The van der Waals surface area contributed by atoms with Crippen LogP contribution in [-0.4, -0.2) is 52.4 Å². The zero-order valence-electron chi connectivity index (χ0n) is 14.1. The average Bonchev–Trinajstić information content (AvgIpc) is 3.05. The van der Waals surface area contributed by atoms with Crippen molar-refractivity contribution in [1.82, 2.24) is 15.1 Å². The molecule has 0 spiro atoms. The normalized spacial score (nSPS) is 19.9. The van der Waals surface area contributed by atoms with Crippen LogP contribution in [0.4, 0.5) is 0 Å². The first-order chi connectivity index (χ1) is 11.5. The van der Waals surface area contributed by atoms with Crippen molar-refractivity contribution in [2.24, 2.45) is 0 Å². The summed E-state index contributed by atoms with van der Waals surface area (Å²) < 4.78 is 11.9. The Morgan fingerprint density at radius 2 is 2.17 bits per heavy atom. The molecular weight excluding hydrogens is 306 g/mol. The fourth-order valence-corrected chi connectivity index (χ4v) is 2.94. The number of benzene rings is 1. The topological polar surface area (TPSA) is 67.5 Å². The van der Waals surface area contributed by atoms with Gasteiger partial charge in [0.2, 0.25) is 5.91 Å². The smallest absolute Gasteiger partial charge is 0.228 e. The van der Waals surface area contributed by atoms with E-state index < -0.39 is 5.60 Å². The van der Waals surface area contributed by atoms with Gasteiger partial charge in [-0.1, -0.05) is 18.2 Å². The van der Waals surface area contributed by atoms with Crippen molar-refractivity contribution < 1.29 is 14.3 Å². The maximum atomic E-state index is 12.6. The third-order valence-electron chi connectivity index (χ3n) is 3.91. The van der Waals surface area contributed by atoms with Crippen molar-refractivity contribution in [3.8, 4) is 5.75 Å². The summed E-state index contributed by atoms with van der Waals surface area (Å²) in [5, 5.41) is 6.72. The highest BCUT2D eigenvalue weighted by atomic mass is 16.5. The molecular formula is C18H23N3O3. The second-order valence-corrected chi connectivity index (χ2v) is 6.66. The number of amides is 1. The number of hydrogen-bond acceptors (Lipinski definition) is 4.